The molecule has 1 fully saturated rings. The minimum atomic E-state index is -3.41. The van der Waals surface area contributed by atoms with Gasteiger partial charge in [-0.1, -0.05) is 22.0 Å². The summed E-state index contributed by atoms with van der Waals surface area (Å²) in [6.07, 6.45) is 4.03. The van der Waals surface area contributed by atoms with Gasteiger partial charge in [0.2, 0.25) is 10.0 Å². The fourth-order valence-electron chi connectivity index (χ4n) is 3.43. The predicted octanol–water partition coefficient (Wildman–Crippen LogP) is 2.19. The lowest BCUT2D eigenvalue weighted by Gasteiger charge is -2.33. The molecular weight excluding hydrogens is 340 g/mol. The maximum atomic E-state index is 11.5. The van der Waals surface area contributed by atoms with Crippen LogP contribution >= 0.6 is 15.9 Å². The summed E-state index contributed by atoms with van der Waals surface area (Å²) in [6.45, 7) is 1.38. The summed E-state index contributed by atoms with van der Waals surface area (Å²) < 4.78 is 24.1. The predicted molar refractivity (Wildman–Crippen MR) is 82.9 cm³/mol. The number of benzene rings is 1. The number of halogens is 1. The highest BCUT2D eigenvalue weighted by Crippen LogP contribution is 2.37. The highest BCUT2D eigenvalue weighted by atomic mass is 79.9. The number of hydrogen-bond donors (Lipinski definition) is 1. The number of likely N-dealkylation sites (tertiary alicyclic amines) is 1. The van der Waals surface area contributed by atoms with Crippen LogP contribution < -0.4 is 5.14 Å². The van der Waals surface area contributed by atoms with Crippen molar-refractivity contribution in [3.8, 4) is 0 Å². The van der Waals surface area contributed by atoms with Crippen molar-refractivity contribution in [3.05, 3.63) is 33.8 Å². The summed E-state index contributed by atoms with van der Waals surface area (Å²) in [7, 11) is -3.41. The minimum Gasteiger partial charge on any atom is -0.295 e. The van der Waals surface area contributed by atoms with E-state index < -0.39 is 15.3 Å². The molecule has 2 aliphatic rings. The Kier molecular flexibility index (Phi) is 3.92. The Bertz CT molecular complexity index is 618. The molecule has 0 aromatic heterocycles. The largest absolute Gasteiger partial charge is 0.295 e. The van der Waals surface area contributed by atoms with E-state index in [0.29, 0.717) is 19.0 Å². The number of rotatable bonds is 2. The summed E-state index contributed by atoms with van der Waals surface area (Å²) >= 11 is 3.54. The molecule has 20 heavy (non-hydrogen) atoms. The molecule has 1 aliphatic carbocycles. The molecule has 110 valence electrons. The Morgan fingerprint density at radius 3 is 2.80 bits per heavy atom. The Labute approximate surface area is 128 Å². The molecule has 0 radical (unpaired) electrons. The zero-order valence-electron chi connectivity index (χ0n) is 11.3. The van der Waals surface area contributed by atoms with E-state index >= 15 is 0 Å². The van der Waals surface area contributed by atoms with E-state index in [1.54, 1.807) is 0 Å². The third-order valence-electron chi connectivity index (χ3n) is 4.47. The van der Waals surface area contributed by atoms with Crippen LogP contribution in [0.3, 0.4) is 0 Å². The van der Waals surface area contributed by atoms with Gasteiger partial charge in [0.25, 0.3) is 0 Å². The number of nitrogens with zero attached hydrogens (tertiary/aromatic N) is 1. The molecule has 1 heterocycles. The number of sulfonamides is 1. The van der Waals surface area contributed by atoms with Crippen molar-refractivity contribution in [1.82, 2.24) is 4.90 Å². The first-order valence-corrected chi connectivity index (χ1v) is 9.39. The maximum absolute atomic E-state index is 11.5. The molecular formula is C14H19BrN2O2S. The molecule has 2 unspecified atom stereocenters. The van der Waals surface area contributed by atoms with Crippen molar-refractivity contribution >= 4 is 26.0 Å². The van der Waals surface area contributed by atoms with E-state index in [9.17, 15) is 8.42 Å². The van der Waals surface area contributed by atoms with Gasteiger partial charge in [0.1, 0.15) is 0 Å². The van der Waals surface area contributed by atoms with E-state index in [-0.39, 0.29) is 0 Å². The number of hydrogen-bond acceptors (Lipinski definition) is 3. The highest BCUT2D eigenvalue weighted by molar-refractivity contribution is 9.10. The Balaban J connectivity index is 1.85. The Morgan fingerprint density at radius 1 is 1.30 bits per heavy atom. The van der Waals surface area contributed by atoms with Crippen molar-refractivity contribution in [3.63, 3.8) is 0 Å². The Hall–Kier alpha value is -0.430. The molecule has 1 saturated heterocycles. The molecule has 0 amide bonds. The van der Waals surface area contributed by atoms with Gasteiger partial charge >= 0.3 is 0 Å². The van der Waals surface area contributed by atoms with Gasteiger partial charge in [-0.05, 0) is 48.9 Å². The fourth-order valence-corrected chi connectivity index (χ4v) is 4.64. The average Bonchev–Trinajstić information content (AvgIpc) is 2.87. The molecule has 2 N–H and O–H groups in total. The second kappa shape index (κ2) is 5.40. The normalized spacial score (nSPS) is 27.5. The zero-order valence-corrected chi connectivity index (χ0v) is 13.7. The molecule has 6 heteroatoms. The fraction of sp³-hybridized carbons (Fsp3) is 0.571. The highest BCUT2D eigenvalue weighted by Gasteiger charge is 2.36. The van der Waals surface area contributed by atoms with Gasteiger partial charge < -0.3 is 0 Å². The zero-order chi connectivity index (χ0) is 14.3. The van der Waals surface area contributed by atoms with Crippen molar-refractivity contribution in [2.45, 2.75) is 37.0 Å². The monoisotopic (exact) mass is 358 g/mol. The molecule has 4 nitrogen and oxygen atoms in total. The van der Waals surface area contributed by atoms with Crippen LogP contribution in [0.5, 0.6) is 0 Å². The van der Waals surface area contributed by atoms with E-state index in [1.165, 1.54) is 11.1 Å². The van der Waals surface area contributed by atoms with Gasteiger partial charge in [0.05, 0.1) is 5.25 Å². The second-order valence-corrected chi connectivity index (χ2v) is 8.51. The van der Waals surface area contributed by atoms with Crippen LogP contribution in [0.15, 0.2) is 22.7 Å². The van der Waals surface area contributed by atoms with Gasteiger partial charge in [-0.2, -0.15) is 0 Å². The molecule has 1 aromatic carbocycles. The molecule has 0 saturated carbocycles. The standard InChI is InChI=1S/C14H19BrN2O2S/c15-11-5-4-10-2-1-3-14(13(10)8-11)17-7-6-12(9-17)20(16,18)19/h4-5,8,12,14H,1-3,6-7,9H2,(H2,16,18,19). The molecule has 0 spiro atoms. The number of primary sulfonamides is 1. The van der Waals surface area contributed by atoms with E-state index in [1.807, 2.05) is 0 Å². The second-order valence-electron chi connectivity index (χ2n) is 5.75. The van der Waals surface area contributed by atoms with Gasteiger partial charge in [-0.25, -0.2) is 13.6 Å². The molecule has 1 aliphatic heterocycles. The number of aryl methyl sites for hydroxylation is 1. The van der Waals surface area contributed by atoms with Gasteiger partial charge in [0.15, 0.2) is 0 Å². The van der Waals surface area contributed by atoms with Crippen molar-refractivity contribution < 1.29 is 8.42 Å². The van der Waals surface area contributed by atoms with Crippen molar-refractivity contribution in [2.24, 2.45) is 5.14 Å². The van der Waals surface area contributed by atoms with Gasteiger partial charge in [0, 0.05) is 23.6 Å². The first-order chi connectivity index (χ1) is 9.45. The first-order valence-electron chi connectivity index (χ1n) is 6.99. The van der Waals surface area contributed by atoms with Crippen LogP contribution in [0, 0.1) is 0 Å². The molecule has 0 bridgehead atoms. The lowest BCUT2D eigenvalue weighted by molar-refractivity contribution is 0.222. The minimum absolute atomic E-state index is 0.336. The quantitative estimate of drug-likeness (QED) is 0.881. The molecule has 3 rings (SSSR count). The van der Waals surface area contributed by atoms with Crippen molar-refractivity contribution in [2.75, 3.05) is 13.1 Å². The molecule has 1 aromatic rings. The first kappa shape index (κ1) is 14.5. The third-order valence-corrected chi connectivity index (χ3v) is 6.28. The van der Waals surface area contributed by atoms with Crippen molar-refractivity contribution in [1.29, 1.82) is 0 Å². The topological polar surface area (TPSA) is 63.4 Å². The van der Waals surface area contributed by atoms with Crippen LogP contribution in [0.25, 0.3) is 0 Å². The lowest BCUT2D eigenvalue weighted by Crippen LogP contribution is -2.34. The third kappa shape index (κ3) is 2.79. The summed E-state index contributed by atoms with van der Waals surface area (Å²) in [4.78, 5) is 2.29. The SMILES string of the molecule is NS(=O)(=O)C1CCN(C2CCCc3ccc(Br)cc32)C1. The summed E-state index contributed by atoms with van der Waals surface area (Å²) in [5.74, 6) is 0. The van der Waals surface area contributed by atoms with Crippen LogP contribution in [-0.2, 0) is 16.4 Å². The van der Waals surface area contributed by atoms with Gasteiger partial charge in [-0.3, -0.25) is 4.90 Å². The summed E-state index contributed by atoms with van der Waals surface area (Å²) in [5, 5.41) is 4.89. The molecule has 2 atom stereocenters. The number of nitrogens with two attached hydrogens (primary N) is 1. The summed E-state index contributed by atoms with van der Waals surface area (Å²) in [6, 6.07) is 6.78. The van der Waals surface area contributed by atoms with E-state index in [2.05, 4.69) is 39.0 Å². The Morgan fingerprint density at radius 2 is 2.10 bits per heavy atom. The van der Waals surface area contributed by atoms with Gasteiger partial charge in [-0.15, -0.1) is 0 Å². The summed E-state index contributed by atoms with van der Waals surface area (Å²) in [5.41, 5.74) is 2.74. The smallest absolute Gasteiger partial charge is 0.213 e. The average molecular weight is 359 g/mol. The van der Waals surface area contributed by atoms with E-state index in [4.69, 9.17) is 5.14 Å². The number of fused-ring (bicyclic) bond motifs is 1. The lowest BCUT2D eigenvalue weighted by atomic mass is 9.87. The van der Waals surface area contributed by atoms with Crippen LogP contribution in [0.1, 0.15) is 36.4 Å². The maximum Gasteiger partial charge on any atom is 0.213 e. The van der Waals surface area contributed by atoms with Crippen LogP contribution in [0.4, 0.5) is 0 Å². The van der Waals surface area contributed by atoms with Crippen LogP contribution in [0.2, 0.25) is 0 Å². The van der Waals surface area contributed by atoms with E-state index in [0.717, 1.165) is 30.3 Å². The van der Waals surface area contributed by atoms with Crippen LogP contribution in [-0.4, -0.2) is 31.7 Å².